The molecule has 0 bridgehead atoms. The number of hydrogen-bond donors (Lipinski definition) is 0. The van der Waals surface area contributed by atoms with Gasteiger partial charge >= 0.3 is 0 Å². The van der Waals surface area contributed by atoms with Crippen molar-refractivity contribution in [3.8, 4) is 5.75 Å². The van der Waals surface area contributed by atoms with Gasteiger partial charge in [-0.25, -0.2) is 0 Å². The average molecular weight is 385 g/mol. The van der Waals surface area contributed by atoms with Crippen molar-refractivity contribution >= 4 is 28.6 Å². The molecule has 0 aliphatic rings. The van der Waals surface area contributed by atoms with Crippen LogP contribution in [0, 0.1) is 0 Å². The van der Waals surface area contributed by atoms with E-state index in [1.54, 1.807) is 11.1 Å². The summed E-state index contributed by atoms with van der Waals surface area (Å²) in [4.78, 5) is 18.3. The Labute approximate surface area is 162 Å². The van der Waals surface area contributed by atoms with Crippen LogP contribution in [0.25, 0.3) is 10.9 Å². The number of carbonyl (C=O) groups is 1. The van der Waals surface area contributed by atoms with Crippen LogP contribution in [0.3, 0.4) is 0 Å². The van der Waals surface area contributed by atoms with Crippen LogP contribution in [0.5, 0.6) is 5.75 Å². The number of fused-ring (bicyclic) bond motifs is 1. The van der Waals surface area contributed by atoms with Crippen molar-refractivity contribution in [3.05, 3.63) is 42.4 Å². The van der Waals surface area contributed by atoms with Crippen molar-refractivity contribution in [2.75, 3.05) is 18.8 Å². The maximum atomic E-state index is 12.1. The number of rotatable bonds is 8. The number of amides is 1. The van der Waals surface area contributed by atoms with Crippen molar-refractivity contribution in [2.45, 2.75) is 25.6 Å². The Balaban J connectivity index is 1.64. The van der Waals surface area contributed by atoms with Gasteiger partial charge in [-0.05, 0) is 26.0 Å². The third-order valence-electron chi connectivity index (χ3n) is 4.32. The lowest BCUT2D eigenvalue weighted by Gasteiger charge is -2.17. The zero-order chi connectivity index (χ0) is 19.2. The Morgan fingerprint density at radius 1 is 1.19 bits per heavy atom. The smallest absolute Gasteiger partial charge is 0.233 e. The van der Waals surface area contributed by atoms with Gasteiger partial charge < -0.3 is 14.2 Å². The quantitative estimate of drug-likeness (QED) is 0.555. The molecule has 0 radical (unpaired) electrons. The van der Waals surface area contributed by atoms with Crippen molar-refractivity contribution in [3.63, 3.8) is 0 Å². The summed E-state index contributed by atoms with van der Waals surface area (Å²) in [5.41, 5.74) is 0.821. The maximum absolute atomic E-state index is 12.1. The Morgan fingerprint density at radius 3 is 2.74 bits per heavy atom. The number of carbonyl (C=O) groups excluding carboxylic acids is 1. The largest absolute Gasteiger partial charge is 0.483 e. The molecule has 0 unspecified atom stereocenters. The maximum Gasteiger partial charge on any atom is 0.233 e. The molecule has 27 heavy (non-hydrogen) atoms. The monoisotopic (exact) mass is 385 g/mol. The summed E-state index contributed by atoms with van der Waals surface area (Å²) >= 11 is 1.39. The van der Waals surface area contributed by atoms with E-state index in [1.807, 2.05) is 55.8 Å². The van der Waals surface area contributed by atoms with E-state index in [4.69, 9.17) is 4.74 Å². The molecule has 3 rings (SSSR count). The molecule has 7 nitrogen and oxygen atoms in total. The number of hydrogen-bond acceptors (Lipinski definition) is 6. The molecule has 3 aromatic rings. The van der Waals surface area contributed by atoms with E-state index in [0.29, 0.717) is 35.6 Å². The number of aromatic nitrogens is 4. The molecule has 0 N–H and O–H groups in total. The predicted octanol–water partition coefficient (Wildman–Crippen LogP) is 2.90. The van der Waals surface area contributed by atoms with Gasteiger partial charge in [0, 0.05) is 31.7 Å². The lowest BCUT2D eigenvalue weighted by atomic mass is 10.2. The second kappa shape index (κ2) is 8.85. The van der Waals surface area contributed by atoms with Crippen molar-refractivity contribution < 1.29 is 9.53 Å². The number of nitrogens with zero attached hydrogens (tertiary/aromatic N) is 5. The third kappa shape index (κ3) is 4.39. The third-order valence-corrected chi connectivity index (χ3v) is 5.32. The van der Waals surface area contributed by atoms with E-state index in [1.165, 1.54) is 11.8 Å². The summed E-state index contributed by atoms with van der Waals surface area (Å²) < 4.78 is 7.79. The van der Waals surface area contributed by atoms with Gasteiger partial charge in [-0.3, -0.25) is 9.78 Å². The van der Waals surface area contributed by atoms with E-state index in [9.17, 15) is 4.79 Å². The average Bonchev–Trinajstić information content (AvgIpc) is 3.05. The van der Waals surface area contributed by atoms with Crippen LogP contribution in [-0.4, -0.2) is 49.4 Å². The number of pyridine rings is 1. The summed E-state index contributed by atoms with van der Waals surface area (Å²) in [6.07, 6.45) is 1.75. The minimum Gasteiger partial charge on any atom is -0.483 e. The highest BCUT2D eigenvalue weighted by atomic mass is 32.2. The van der Waals surface area contributed by atoms with Gasteiger partial charge in [0.2, 0.25) is 5.91 Å². The summed E-state index contributed by atoms with van der Waals surface area (Å²) in [6, 6.07) is 9.73. The van der Waals surface area contributed by atoms with E-state index in [-0.39, 0.29) is 12.5 Å². The summed E-state index contributed by atoms with van der Waals surface area (Å²) in [5, 5.41) is 10.1. The highest BCUT2D eigenvalue weighted by Crippen LogP contribution is 2.24. The van der Waals surface area contributed by atoms with Crippen molar-refractivity contribution in [2.24, 2.45) is 7.05 Å². The highest BCUT2D eigenvalue weighted by molar-refractivity contribution is 7.99. The Bertz CT molecular complexity index is 918. The lowest BCUT2D eigenvalue weighted by molar-refractivity contribution is -0.127. The van der Waals surface area contributed by atoms with Crippen LogP contribution in [0.4, 0.5) is 0 Å². The first-order valence-corrected chi connectivity index (χ1v) is 9.88. The van der Waals surface area contributed by atoms with E-state index < -0.39 is 0 Å². The van der Waals surface area contributed by atoms with E-state index in [0.717, 1.165) is 10.9 Å². The summed E-state index contributed by atoms with van der Waals surface area (Å²) in [6.45, 7) is 5.67. The molecular formula is C19H23N5O2S. The molecule has 0 saturated heterocycles. The molecular weight excluding hydrogens is 362 g/mol. The van der Waals surface area contributed by atoms with Crippen LogP contribution >= 0.6 is 11.8 Å². The molecule has 0 saturated carbocycles. The van der Waals surface area contributed by atoms with E-state index in [2.05, 4.69) is 15.2 Å². The molecule has 0 aliphatic heterocycles. The molecule has 0 spiro atoms. The molecule has 0 fully saturated rings. The Morgan fingerprint density at radius 2 is 1.96 bits per heavy atom. The summed E-state index contributed by atoms with van der Waals surface area (Å²) in [5.74, 6) is 1.86. The van der Waals surface area contributed by atoms with Gasteiger partial charge in [-0.15, -0.1) is 10.2 Å². The van der Waals surface area contributed by atoms with Crippen LogP contribution in [-0.2, 0) is 18.4 Å². The second-order valence-corrected chi connectivity index (χ2v) is 6.87. The molecule has 1 aromatic carbocycles. The predicted molar refractivity (Wildman–Crippen MR) is 106 cm³/mol. The highest BCUT2D eigenvalue weighted by Gasteiger charge is 2.15. The van der Waals surface area contributed by atoms with Crippen LogP contribution in [0.1, 0.15) is 19.7 Å². The van der Waals surface area contributed by atoms with Crippen molar-refractivity contribution in [1.82, 2.24) is 24.6 Å². The van der Waals surface area contributed by atoms with Gasteiger partial charge in [0.1, 0.15) is 17.9 Å². The molecule has 0 aliphatic carbocycles. The zero-order valence-electron chi connectivity index (χ0n) is 15.8. The number of thioether (sulfide) groups is 1. The summed E-state index contributed by atoms with van der Waals surface area (Å²) in [7, 11) is 1.88. The molecule has 0 atom stereocenters. The van der Waals surface area contributed by atoms with Crippen LogP contribution in [0.2, 0.25) is 0 Å². The first-order valence-electron chi connectivity index (χ1n) is 8.89. The fraction of sp³-hybridized carbons (Fsp3) is 0.368. The fourth-order valence-electron chi connectivity index (χ4n) is 2.73. The standard InChI is InChI=1S/C19H23N5O2S/c1-4-24(5-2)17(25)13-27-19-22-21-16(23(19)3)12-26-15-10-6-8-14-9-7-11-20-18(14)15/h6-11H,4-5,12-13H2,1-3H3. The molecule has 142 valence electrons. The first-order chi connectivity index (χ1) is 13.1. The second-order valence-electron chi connectivity index (χ2n) is 5.93. The molecule has 1 amide bonds. The number of ether oxygens (including phenoxy) is 1. The SMILES string of the molecule is CCN(CC)C(=O)CSc1nnc(COc2cccc3cccnc23)n1C. The molecule has 2 aromatic heterocycles. The van der Waals surface area contributed by atoms with Gasteiger partial charge in [-0.1, -0.05) is 30.0 Å². The van der Waals surface area contributed by atoms with Gasteiger partial charge in [0.05, 0.1) is 5.75 Å². The zero-order valence-corrected chi connectivity index (χ0v) is 16.6. The van der Waals surface area contributed by atoms with Crippen molar-refractivity contribution in [1.29, 1.82) is 0 Å². The molecule has 2 heterocycles. The van der Waals surface area contributed by atoms with Crippen LogP contribution < -0.4 is 4.74 Å². The Kier molecular flexibility index (Phi) is 6.28. The number of benzene rings is 1. The first kappa shape index (κ1) is 19.2. The minimum absolute atomic E-state index is 0.104. The fourth-order valence-corrected chi connectivity index (χ4v) is 3.56. The van der Waals surface area contributed by atoms with Crippen LogP contribution in [0.15, 0.2) is 41.7 Å². The topological polar surface area (TPSA) is 73.1 Å². The van der Waals surface area contributed by atoms with Gasteiger partial charge in [0.15, 0.2) is 11.0 Å². The molecule has 8 heteroatoms. The van der Waals surface area contributed by atoms with Gasteiger partial charge in [0.25, 0.3) is 0 Å². The van der Waals surface area contributed by atoms with Gasteiger partial charge in [-0.2, -0.15) is 0 Å². The lowest BCUT2D eigenvalue weighted by Crippen LogP contribution is -2.31. The Hall–Kier alpha value is -2.61. The minimum atomic E-state index is 0.104. The number of para-hydroxylation sites is 1. The van der Waals surface area contributed by atoms with E-state index >= 15 is 0 Å². The normalized spacial score (nSPS) is 10.9.